The molecule has 3 aromatic rings. The molecule has 6 nitrogen and oxygen atoms in total. The van der Waals surface area contributed by atoms with Crippen molar-refractivity contribution in [2.45, 2.75) is 6.92 Å². The van der Waals surface area contributed by atoms with E-state index in [1.54, 1.807) is 30.5 Å². The Morgan fingerprint density at radius 1 is 1.07 bits per heavy atom. The third kappa shape index (κ3) is 3.66. The van der Waals surface area contributed by atoms with Crippen molar-refractivity contribution < 1.29 is 14.3 Å². The molecule has 1 amide bonds. The number of rotatable bonds is 4. The average Bonchev–Trinajstić information content (AvgIpc) is 3.13. The number of aromatic nitrogens is 1. The summed E-state index contributed by atoms with van der Waals surface area (Å²) >= 11 is 6.11. The van der Waals surface area contributed by atoms with Gasteiger partial charge in [-0.1, -0.05) is 17.7 Å². The van der Waals surface area contributed by atoms with Crippen LogP contribution in [0.15, 0.2) is 54.9 Å². The van der Waals surface area contributed by atoms with Crippen molar-refractivity contribution in [3.63, 3.8) is 0 Å². The fraction of sp³-hybridized carbons (Fsp3) is 0.100. The van der Waals surface area contributed by atoms with E-state index in [0.717, 1.165) is 11.3 Å². The van der Waals surface area contributed by atoms with Gasteiger partial charge < -0.3 is 20.1 Å². The minimum atomic E-state index is -0.262. The standard InChI is InChI=1S/C20H16ClN3O3/c1-12-16(21)3-2-4-17(12)24-20(25)13-7-15(10-22-9-13)23-14-5-6-18-19(8-14)27-11-26-18/h2-10,23H,11H2,1H3,(H,24,25). The first-order valence-corrected chi connectivity index (χ1v) is 8.66. The Morgan fingerprint density at radius 3 is 2.81 bits per heavy atom. The fourth-order valence-electron chi connectivity index (χ4n) is 2.71. The van der Waals surface area contributed by atoms with Crippen LogP contribution >= 0.6 is 11.6 Å². The number of fused-ring (bicyclic) bond motifs is 1. The molecule has 1 aliphatic rings. The van der Waals surface area contributed by atoms with Gasteiger partial charge in [0.05, 0.1) is 17.4 Å². The summed E-state index contributed by atoms with van der Waals surface area (Å²) in [5.41, 5.74) is 3.41. The Balaban J connectivity index is 1.52. The monoisotopic (exact) mass is 381 g/mol. The van der Waals surface area contributed by atoms with E-state index in [4.69, 9.17) is 21.1 Å². The molecular formula is C20H16ClN3O3. The van der Waals surface area contributed by atoms with Crippen LogP contribution in [0.2, 0.25) is 5.02 Å². The van der Waals surface area contributed by atoms with Crippen LogP contribution in [0, 0.1) is 6.92 Å². The lowest BCUT2D eigenvalue weighted by atomic mass is 10.2. The van der Waals surface area contributed by atoms with Gasteiger partial charge in [0.25, 0.3) is 5.91 Å². The Morgan fingerprint density at radius 2 is 1.93 bits per heavy atom. The van der Waals surface area contributed by atoms with Gasteiger partial charge in [-0.3, -0.25) is 9.78 Å². The van der Waals surface area contributed by atoms with E-state index in [1.807, 2.05) is 25.1 Å². The summed E-state index contributed by atoms with van der Waals surface area (Å²) in [6.45, 7) is 2.08. The molecule has 1 aromatic heterocycles. The van der Waals surface area contributed by atoms with Crippen LogP contribution in [-0.2, 0) is 0 Å². The molecule has 1 aliphatic heterocycles. The lowest BCUT2D eigenvalue weighted by molar-refractivity contribution is 0.102. The van der Waals surface area contributed by atoms with E-state index in [9.17, 15) is 4.79 Å². The van der Waals surface area contributed by atoms with Crippen molar-refractivity contribution in [2.24, 2.45) is 0 Å². The first kappa shape index (κ1) is 17.2. The molecule has 0 spiro atoms. The molecular weight excluding hydrogens is 366 g/mol. The molecule has 0 atom stereocenters. The summed E-state index contributed by atoms with van der Waals surface area (Å²) in [5.74, 6) is 1.13. The van der Waals surface area contributed by atoms with Crippen molar-refractivity contribution in [2.75, 3.05) is 17.4 Å². The fourth-order valence-corrected chi connectivity index (χ4v) is 2.89. The van der Waals surface area contributed by atoms with Gasteiger partial charge in [-0.15, -0.1) is 0 Å². The molecule has 136 valence electrons. The van der Waals surface area contributed by atoms with Gasteiger partial charge in [-0.05, 0) is 42.8 Å². The Bertz CT molecular complexity index is 1020. The summed E-state index contributed by atoms with van der Waals surface area (Å²) < 4.78 is 10.7. The van der Waals surface area contributed by atoms with E-state index in [-0.39, 0.29) is 12.7 Å². The van der Waals surface area contributed by atoms with Crippen molar-refractivity contribution in [1.29, 1.82) is 0 Å². The topological polar surface area (TPSA) is 72.5 Å². The van der Waals surface area contributed by atoms with Gasteiger partial charge in [0.15, 0.2) is 11.5 Å². The molecule has 0 radical (unpaired) electrons. The van der Waals surface area contributed by atoms with Crippen LogP contribution in [0.4, 0.5) is 17.1 Å². The maximum Gasteiger partial charge on any atom is 0.257 e. The number of hydrogen-bond donors (Lipinski definition) is 2. The van der Waals surface area contributed by atoms with E-state index >= 15 is 0 Å². The van der Waals surface area contributed by atoms with Crippen LogP contribution < -0.4 is 20.1 Å². The molecule has 2 aromatic carbocycles. The number of carbonyl (C=O) groups is 1. The predicted molar refractivity (Wildman–Crippen MR) is 104 cm³/mol. The predicted octanol–water partition coefficient (Wildman–Crippen LogP) is 4.77. The van der Waals surface area contributed by atoms with Gasteiger partial charge in [0, 0.05) is 28.7 Å². The maximum atomic E-state index is 12.6. The number of ether oxygens (including phenoxy) is 2. The van der Waals surface area contributed by atoms with E-state index in [2.05, 4.69) is 15.6 Å². The van der Waals surface area contributed by atoms with Gasteiger partial charge in [-0.2, -0.15) is 0 Å². The zero-order valence-corrected chi connectivity index (χ0v) is 15.2. The van der Waals surface area contributed by atoms with Crippen LogP contribution in [0.1, 0.15) is 15.9 Å². The lowest BCUT2D eigenvalue weighted by Gasteiger charge is -2.11. The molecule has 27 heavy (non-hydrogen) atoms. The number of carbonyl (C=O) groups excluding carboxylic acids is 1. The molecule has 0 bridgehead atoms. The van der Waals surface area contributed by atoms with Crippen LogP contribution in [-0.4, -0.2) is 17.7 Å². The smallest absolute Gasteiger partial charge is 0.257 e. The minimum absolute atomic E-state index is 0.221. The molecule has 4 rings (SSSR count). The third-order valence-corrected chi connectivity index (χ3v) is 4.59. The number of anilines is 3. The third-order valence-electron chi connectivity index (χ3n) is 4.18. The zero-order chi connectivity index (χ0) is 18.8. The highest BCUT2D eigenvalue weighted by atomic mass is 35.5. The summed E-state index contributed by atoms with van der Waals surface area (Å²) in [7, 11) is 0. The van der Waals surface area contributed by atoms with E-state index < -0.39 is 0 Å². The number of benzene rings is 2. The largest absolute Gasteiger partial charge is 0.454 e. The quantitative estimate of drug-likeness (QED) is 0.681. The molecule has 2 N–H and O–H groups in total. The molecule has 0 saturated heterocycles. The summed E-state index contributed by atoms with van der Waals surface area (Å²) in [5, 5.41) is 6.68. The number of amides is 1. The summed E-state index contributed by atoms with van der Waals surface area (Å²) in [4.78, 5) is 16.7. The van der Waals surface area contributed by atoms with Crippen LogP contribution in [0.5, 0.6) is 11.5 Å². The van der Waals surface area contributed by atoms with Gasteiger partial charge in [0.1, 0.15) is 0 Å². The first-order valence-electron chi connectivity index (χ1n) is 8.28. The lowest BCUT2D eigenvalue weighted by Crippen LogP contribution is -2.13. The molecule has 0 saturated carbocycles. The molecule has 0 aliphatic carbocycles. The number of halogens is 1. The van der Waals surface area contributed by atoms with E-state index in [0.29, 0.717) is 33.5 Å². The maximum absolute atomic E-state index is 12.6. The average molecular weight is 382 g/mol. The molecule has 7 heteroatoms. The van der Waals surface area contributed by atoms with Gasteiger partial charge in [0.2, 0.25) is 6.79 Å². The second kappa shape index (κ2) is 7.17. The normalized spacial score (nSPS) is 11.9. The summed E-state index contributed by atoms with van der Waals surface area (Å²) in [6.07, 6.45) is 3.16. The summed E-state index contributed by atoms with van der Waals surface area (Å²) in [6, 6.07) is 12.6. The molecule has 2 heterocycles. The van der Waals surface area contributed by atoms with Crippen molar-refractivity contribution in [1.82, 2.24) is 4.98 Å². The highest BCUT2D eigenvalue weighted by Gasteiger charge is 2.14. The van der Waals surface area contributed by atoms with E-state index in [1.165, 1.54) is 6.20 Å². The Kier molecular flexibility index (Phi) is 4.56. The first-order chi connectivity index (χ1) is 13.1. The molecule has 0 unspecified atom stereocenters. The number of nitrogens with one attached hydrogen (secondary N) is 2. The van der Waals surface area contributed by atoms with Gasteiger partial charge in [-0.25, -0.2) is 0 Å². The van der Waals surface area contributed by atoms with Crippen LogP contribution in [0.25, 0.3) is 0 Å². The van der Waals surface area contributed by atoms with Crippen molar-refractivity contribution in [3.8, 4) is 11.5 Å². The highest BCUT2D eigenvalue weighted by Crippen LogP contribution is 2.35. The highest BCUT2D eigenvalue weighted by molar-refractivity contribution is 6.31. The van der Waals surface area contributed by atoms with Crippen molar-refractivity contribution in [3.05, 3.63) is 71.0 Å². The minimum Gasteiger partial charge on any atom is -0.454 e. The number of nitrogens with zero attached hydrogens (tertiary/aromatic N) is 1. The van der Waals surface area contributed by atoms with Gasteiger partial charge >= 0.3 is 0 Å². The van der Waals surface area contributed by atoms with Crippen LogP contribution in [0.3, 0.4) is 0 Å². The Labute approximate surface area is 161 Å². The molecule has 0 fully saturated rings. The van der Waals surface area contributed by atoms with Crippen molar-refractivity contribution >= 4 is 34.6 Å². The second-order valence-corrected chi connectivity index (χ2v) is 6.43. The number of pyridine rings is 1. The second-order valence-electron chi connectivity index (χ2n) is 6.02. The number of hydrogen-bond acceptors (Lipinski definition) is 5. The SMILES string of the molecule is Cc1c(Cl)cccc1NC(=O)c1cncc(Nc2ccc3c(c2)OCO3)c1. The Hall–Kier alpha value is -3.25. The zero-order valence-electron chi connectivity index (χ0n) is 14.5.